The fraction of sp³-hybridized carbons (Fsp3) is 0.111. The fourth-order valence-corrected chi connectivity index (χ4v) is 2.66. The number of benzene rings is 2. The van der Waals surface area contributed by atoms with E-state index in [4.69, 9.17) is 18.0 Å². The molecule has 1 aliphatic heterocycles. The van der Waals surface area contributed by atoms with Crippen molar-refractivity contribution in [2.75, 3.05) is 18.4 Å². The van der Waals surface area contributed by atoms with Crippen LogP contribution in [0.1, 0.15) is 5.56 Å². The van der Waals surface area contributed by atoms with E-state index in [0.717, 1.165) is 28.2 Å². The fourth-order valence-electron chi connectivity index (χ4n) is 2.38. The number of fused-ring (bicyclic) bond motifs is 1. The molecule has 3 nitrogen and oxygen atoms in total. The van der Waals surface area contributed by atoms with Crippen LogP contribution in [-0.4, -0.2) is 25.1 Å². The van der Waals surface area contributed by atoms with Gasteiger partial charge in [0, 0.05) is 28.1 Å². The van der Waals surface area contributed by atoms with Gasteiger partial charge in [0.05, 0.1) is 6.54 Å². The van der Waals surface area contributed by atoms with Gasteiger partial charge >= 0.3 is 0 Å². The van der Waals surface area contributed by atoms with Gasteiger partial charge < -0.3 is 5.32 Å². The van der Waals surface area contributed by atoms with E-state index < -0.39 is 0 Å². The molecule has 0 aromatic heterocycles. The van der Waals surface area contributed by atoms with Crippen LogP contribution in [0, 0.1) is 12.3 Å². The van der Waals surface area contributed by atoms with Gasteiger partial charge in [-0.15, -0.1) is 6.42 Å². The summed E-state index contributed by atoms with van der Waals surface area (Å²) in [5.41, 5.74) is 3.92. The van der Waals surface area contributed by atoms with Gasteiger partial charge in [-0.1, -0.05) is 47.9 Å². The lowest BCUT2D eigenvalue weighted by Gasteiger charge is -2.13. The summed E-state index contributed by atoms with van der Waals surface area (Å²) in [4.78, 5) is 8.74. The van der Waals surface area contributed by atoms with Crippen LogP contribution in [0.5, 0.6) is 0 Å². The number of halogens is 1. The molecule has 2 aromatic rings. The number of nitrogens with zero attached hydrogens (tertiary/aromatic N) is 2. The van der Waals surface area contributed by atoms with Crippen LogP contribution < -0.4 is 5.32 Å². The van der Waals surface area contributed by atoms with Crippen molar-refractivity contribution in [2.24, 2.45) is 9.98 Å². The van der Waals surface area contributed by atoms with E-state index in [1.807, 2.05) is 48.7 Å². The maximum absolute atomic E-state index is 6.42. The number of hydrogen-bond acceptors (Lipinski definition) is 2. The molecule has 0 unspecified atom stereocenters. The molecule has 0 amide bonds. The maximum atomic E-state index is 6.42. The summed E-state index contributed by atoms with van der Waals surface area (Å²) in [7, 11) is 0. The Kier molecular flexibility index (Phi) is 4.22. The first-order chi connectivity index (χ1) is 10.8. The van der Waals surface area contributed by atoms with Gasteiger partial charge in [0.2, 0.25) is 0 Å². The first-order valence-electron chi connectivity index (χ1n) is 6.91. The number of benzodiazepines with no additional fused rings is 1. The summed E-state index contributed by atoms with van der Waals surface area (Å²) in [5.74, 6) is 3.26. The maximum Gasteiger partial charge on any atom is 0.124 e. The summed E-state index contributed by atoms with van der Waals surface area (Å²) >= 11 is 6.42. The minimum Gasteiger partial charge on any atom is -0.342 e. The molecule has 0 aliphatic carbocycles. The Morgan fingerprint density at radius 1 is 1.23 bits per heavy atom. The third-order valence-corrected chi connectivity index (χ3v) is 3.67. The highest BCUT2D eigenvalue weighted by atomic mass is 35.5. The highest BCUT2D eigenvalue weighted by Crippen LogP contribution is 2.35. The molecule has 22 heavy (non-hydrogen) atoms. The predicted molar refractivity (Wildman–Crippen MR) is 94.1 cm³/mol. The SMILES string of the molecule is C#CCN=C1CN=Cc2c(ccc(Cl)c2-c2ccccc2)N1. The summed E-state index contributed by atoms with van der Waals surface area (Å²) < 4.78 is 0. The topological polar surface area (TPSA) is 36.8 Å². The van der Waals surface area contributed by atoms with Crippen molar-refractivity contribution < 1.29 is 0 Å². The summed E-state index contributed by atoms with van der Waals surface area (Å²) in [6, 6.07) is 13.9. The molecular weight excluding hydrogens is 294 g/mol. The molecule has 1 aliphatic rings. The van der Waals surface area contributed by atoms with Crippen LogP contribution in [0.15, 0.2) is 52.4 Å². The van der Waals surface area contributed by atoms with Gasteiger partial charge in [0.15, 0.2) is 0 Å². The van der Waals surface area contributed by atoms with Gasteiger partial charge in [-0.25, -0.2) is 0 Å². The zero-order chi connectivity index (χ0) is 15.4. The molecule has 0 saturated carbocycles. The van der Waals surface area contributed by atoms with Crippen LogP contribution in [0.3, 0.4) is 0 Å². The zero-order valence-corrected chi connectivity index (χ0v) is 12.6. The summed E-state index contributed by atoms with van der Waals surface area (Å²) in [6.07, 6.45) is 7.10. The van der Waals surface area contributed by atoms with Gasteiger partial charge in [-0.05, 0) is 17.7 Å². The van der Waals surface area contributed by atoms with Crippen LogP contribution in [0.2, 0.25) is 5.02 Å². The van der Waals surface area contributed by atoms with Crippen molar-refractivity contribution in [3.8, 4) is 23.5 Å². The van der Waals surface area contributed by atoms with E-state index in [0.29, 0.717) is 18.1 Å². The minimum absolute atomic E-state index is 0.340. The second-order valence-corrected chi connectivity index (χ2v) is 5.22. The average molecular weight is 308 g/mol. The molecule has 0 bridgehead atoms. The van der Waals surface area contributed by atoms with Gasteiger partial charge in [-0.3, -0.25) is 9.98 Å². The van der Waals surface area contributed by atoms with Crippen molar-refractivity contribution in [3.63, 3.8) is 0 Å². The van der Waals surface area contributed by atoms with E-state index in [-0.39, 0.29) is 0 Å². The number of hydrogen-bond donors (Lipinski definition) is 1. The molecular formula is C18H14ClN3. The Morgan fingerprint density at radius 2 is 2.05 bits per heavy atom. The largest absolute Gasteiger partial charge is 0.342 e. The lowest BCUT2D eigenvalue weighted by atomic mass is 9.98. The van der Waals surface area contributed by atoms with E-state index in [1.54, 1.807) is 0 Å². The Labute approximate surface area is 134 Å². The van der Waals surface area contributed by atoms with E-state index in [9.17, 15) is 0 Å². The van der Waals surface area contributed by atoms with E-state index >= 15 is 0 Å². The number of aliphatic imine (C=N–C) groups is 2. The normalized spacial score (nSPS) is 14.8. The predicted octanol–water partition coefficient (Wildman–Crippen LogP) is 3.88. The number of amidine groups is 1. The molecule has 0 saturated heterocycles. The average Bonchev–Trinajstić information content (AvgIpc) is 2.75. The quantitative estimate of drug-likeness (QED) is 0.840. The molecule has 0 fully saturated rings. The third kappa shape index (κ3) is 2.88. The van der Waals surface area contributed by atoms with Crippen molar-refractivity contribution >= 4 is 29.3 Å². The standard InChI is InChI=1S/C18H14ClN3/c1-2-10-21-17-12-20-11-14-16(22-17)9-8-15(19)18(14)13-6-4-3-5-7-13/h1,3-9,11H,10,12H2,(H,21,22). The van der Waals surface area contributed by atoms with Gasteiger partial charge in [0.1, 0.15) is 12.4 Å². The molecule has 0 radical (unpaired) electrons. The Bertz CT molecular complexity index is 786. The van der Waals surface area contributed by atoms with E-state index in [1.165, 1.54) is 0 Å². The highest BCUT2D eigenvalue weighted by Gasteiger charge is 2.16. The van der Waals surface area contributed by atoms with Crippen molar-refractivity contribution in [3.05, 3.63) is 53.1 Å². The Morgan fingerprint density at radius 3 is 2.82 bits per heavy atom. The first kappa shape index (κ1) is 14.4. The van der Waals surface area contributed by atoms with Gasteiger partial charge in [0.25, 0.3) is 0 Å². The van der Waals surface area contributed by atoms with E-state index in [2.05, 4.69) is 21.2 Å². The van der Waals surface area contributed by atoms with Crippen molar-refractivity contribution in [1.82, 2.24) is 0 Å². The second-order valence-electron chi connectivity index (χ2n) is 4.81. The van der Waals surface area contributed by atoms with Crippen molar-refractivity contribution in [2.45, 2.75) is 0 Å². The minimum atomic E-state index is 0.340. The molecule has 3 rings (SSSR count). The lowest BCUT2D eigenvalue weighted by Crippen LogP contribution is -2.15. The number of terminal acetylenes is 1. The molecule has 0 spiro atoms. The van der Waals surface area contributed by atoms with Crippen LogP contribution in [0.25, 0.3) is 11.1 Å². The number of nitrogens with one attached hydrogen (secondary N) is 1. The monoisotopic (exact) mass is 307 g/mol. The van der Waals surface area contributed by atoms with Crippen molar-refractivity contribution in [1.29, 1.82) is 0 Å². The lowest BCUT2D eigenvalue weighted by molar-refractivity contribution is 1.21. The van der Waals surface area contributed by atoms with Crippen LogP contribution in [0.4, 0.5) is 5.69 Å². The number of rotatable bonds is 2. The zero-order valence-electron chi connectivity index (χ0n) is 11.9. The van der Waals surface area contributed by atoms with Crippen LogP contribution in [-0.2, 0) is 0 Å². The molecule has 0 atom stereocenters. The van der Waals surface area contributed by atoms with Crippen LogP contribution >= 0.6 is 11.6 Å². The summed E-state index contributed by atoms with van der Waals surface area (Å²) in [6.45, 7) is 0.814. The summed E-state index contributed by atoms with van der Waals surface area (Å²) in [5, 5.41) is 4.00. The molecule has 4 heteroatoms. The highest BCUT2D eigenvalue weighted by molar-refractivity contribution is 6.34. The Hall–Kier alpha value is -2.57. The molecule has 108 valence electrons. The third-order valence-electron chi connectivity index (χ3n) is 3.36. The molecule has 1 N–H and O–H groups in total. The Balaban J connectivity index is 2.11. The van der Waals surface area contributed by atoms with Gasteiger partial charge in [-0.2, -0.15) is 0 Å². The smallest absolute Gasteiger partial charge is 0.124 e. The number of anilines is 1. The molecule has 1 heterocycles. The molecule has 2 aromatic carbocycles. The first-order valence-corrected chi connectivity index (χ1v) is 7.29. The second kappa shape index (κ2) is 6.46.